The van der Waals surface area contributed by atoms with Gasteiger partial charge in [-0.3, -0.25) is 9.69 Å². The second-order valence-corrected chi connectivity index (χ2v) is 11.0. The Morgan fingerprint density at radius 2 is 1.77 bits per heavy atom. The van der Waals surface area contributed by atoms with Crippen LogP contribution in [-0.2, 0) is 16.1 Å². The van der Waals surface area contributed by atoms with Gasteiger partial charge in [0.1, 0.15) is 11.6 Å². The molecule has 1 heterocycles. The molecule has 204 valence electrons. The van der Waals surface area contributed by atoms with Crippen molar-refractivity contribution in [2.75, 3.05) is 19.1 Å². The maximum atomic E-state index is 13.7. The lowest BCUT2D eigenvalue weighted by atomic mass is 9.91. The van der Waals surface area contributed by atoms with Crippen LogP contribution in [0.5, 0.6) is 5.75 Å². The molecule has 0 unspecified atom stereocenters. The second kappa shape index (κ2) is 11.6. The fourth-order valence-electron chi connectivity index (χ4n) is 4.71. The number of hydrogen-bond donors (Lipinski definition) is 0. The van der Waals surface area contributed by atoms with Crippen LogP contribution in [0, 0.1) is 23.7 Å². The zero-order valence-electron chi connectivity index (χ0n) is 23.7. The molecule has 0 aliphatic heterocycles. The average Bonchev–Trinajstić information content (AvgIpc) is 2.93. The lowest BCUT2D eigenvalue weighted by Gasteiger charge is -2.27. The van der Waals surface area contributed by atoms with Crippen LogP contribution in [0.2, 0.25) is 0 Å². The van der Waals surface area contributed by atoms with Gasteiger partial charge in [-0.1, -0.05) is 39.0 Å². The number of carbonyl (C=O) groups is 2. The predicted octanol–water partition coefficient (Wildman–Crippen LogP) is 6.85. The van der Waals surface area contributed by atoms with Gasteiger partial charge in [-0.25, -0.2) is 9.78 Å². The number of pyridine rings is 1. The largest absolute Gasteiger partial charge is 0.496 e. The number of fused-ring (bicyclic) bond motifs is 1. The first kappa shape index (κ1) is 28.3. The maximum absolute atomic E-state index is 13.7. The normalized spacial score (nSPS) is 11.1. The average molecular weight is 536 g/mol. The Hall–Kier alpha value is -4.70. The van der Waals surface area contributed by atoms with E-state index in [0.29, 0.717) is 23.4 Å². The van der Waals surface area contributed by atoms with Gasteiger partial charge in [-0.2, -0.15) is 5.26 Å². The fraction of sp³-hybridized carbons (Fsp3) is 0.273. The number of ether oxygens (including phenoxy) is 2. The highest BCUT2D eigenvalue weighted by atomic mass is 16.5. The SMILES string of the molecule is COC(=O)c1ccc2c(N(Cc3ccc(-c4ccc(OC)c(C)c4)c(C#N)c3)C(=O)CC(C)(C)C)nccc2c1. The van der Waals surface area contributed by atoms with Crippen molar-refractivity contribution in [3.05, 3.63) is 89.1 Å². The first-order valence-electron chi connectivity index (χ1n) is 13.0. The Balaban J connectivity index is 1.77. The summed E-state index contributed by atoms with van der Waals surface area (Å²) in [6.45, 7) is 8.24. The molecule has 0 atom stereocenters. The van der Waals surface area contributed by atoms with E-state index in [1.54, 1.807) is 42.5 Å². The first-order valence-corrected chi connectivity index (χ1v) is 13.0. The Morgan fingerprint density at radius 3 is 2.42 bits per heavy atom. The van der Waals surface area contributed by atoms with Crippen molar-refractivity contribution in [3.8, 4) is 22.9 Å². The van der Waals surface area contributed by atoms with E-state index >= 15 is 0 Å². The lowest BCUT2D eigenvalue weighted by Crippen LogP contribution is -2.34. The molecule has 0 saturated heterocycles. The summed E-state index contributed by atoms with van der Waals surface area (Å²) >= 11 is 0. The van der Waals surface area contributed by atoms with Crippen molar-refractivity contribution >= 4 is 28.5 Å². The van der Waals surface area contributed by atoms with Gasteiger partial charge < -0.3 is 9.47 Å². The van der Waals surface area contributed by atoms with Gasteiger partial charge in [-0.15, -0.1) is 0 Å². The Labute approximate surface area is 235 Å². The van der Waals surface area contributed by atoms with Gasteiger partial charge in [0.15, 0.2) is 0 Å². The molecule has 40 heavy (non-hydrogen) atoms. The molecule has 1 aromatic heterocycles. The fourth-order valence-corrected chi connectivity index (χ4v) is 4.71. The van der Waals surface area contributed by atoms with Gasteiger partial charge in [0.05, 0.1) is 38.0 Å². The molecule has 1 amide bonds. The van der Waals surface area contributed by atoms with E-state index in [4.69, 9.17) is 9.47 Å². The van der Waals surface area contributed by atoms with Crippen LogP contribution in [0.15, 0.2) is 66.9 Å². The topological polar surface area (TPSA) is 92.5 Å². The molecular weight excluding hydrogens is 502 g/mol. The van der Waals surface area contributed by atoms with Crippen molar-refractivity contribution in [2.24, 2.45) is 5.41 Å². The summed E-state index contributed by atoms with van der Waals surface area (Å²) in [6.07, 6.45) is 1.94. The van der Waals surface area contributed by atoms with Crippen molar-refractivity contribution < 1.29 is 19.1 Å². The third kappa shape index (κ3) is 6.13. The van der Waals surface area contributed by atoms with Gasteiger partial charge in [0, 0.05) is 18.0 Å². The van der Waals surface area contributed by atoms with Gasteiger partial charge >= 0.3 is 5.97 Å². The molecule has 4 rings (SSSR count). The van der Waals surface area contributed by atoms with Gasteiger partial charge in [0.2, 0.25) is 5.91 Å². The molecule has 0 N–H and O–H groups in total. The first-order chi connectivity index (χ1) is 19.0. The number of esters is 1. The number of hydrogen-bond acceptors (Lipinski definition) is 6. The predicted molar refractivity (Wildman–Crippen MR) is 156 cm³/mol. The molecule has 3 aromatic carbocycles. The minimum atomic E-state index is -0.433. The third-order valence-corrected chi connectivity index (χ3v) is 6.65. The molecule has 4 aromatic rings. The molecule has 0 spiro atoms. The number of carbonyl (C=O) groups excluding carboxylic acids is 2. The highest BCUT2D eigenvalue weighted by Gasteiger charge is 2.25. The summed E-state index contributed by atoms with van der Waals surface area (Å²) in [4.78, 5) is 32.1. The van der Waals surface area contributed by atoms with Gasteiger partial charge in [0.25, 0.3) is 0 Å². The van der Waals surface area contributed by atoms with Crippen LogP contribution in [0.3, 0.4) is 0 Å². The number of nitriles is 1. The zero-order valence-corrected chi connectivity index (χ0v) is 23.7. The van der Waals surface area contributed by atoms with E-state index < -0.39 is 5.97 Å². The molecule has 0 aliphatic rings. The number of benzene rings is 3. The molecule has 0 fully saturated rings. The Morgan fingerprint density at radius 1 is 1.00 bits per heavy atom. The van der Waals surface area contributed by atoms with Crippen molar-refractivity contribution in [3.63, 3.8) is 0 Å². The van der Waals surface area contributed by atoms with Crippen LogP contribution in [0.1, 0.15) is 54.2 Å². The van der Waals surface area contributed by atoms with Crippen molar-refractivity contribution in [1.82, 2.24) is 4.98 Å². The van der Waals surface area contributed by atoms with E-state index in [9.17, 15) is 14.9 Å². The minimum absolute atomic E-state index is 0.0853. The highest BCUT2D eigenvalue weighted by Crippen LogP contribution is 2.32. The third-order valence-electron chi connectivity index (χ3n) is 6.65. The van der Waals surface area contributed by atoms with Crippen LogP contribution in [-0.4, -0.2) is 31.1 Å². The smallest absolute Gasteiger partial charge is 0.337 e. The van der Waals surface area contributed by atoms with Crippen molar-refractivity contribution in [1.29, 1.82) is 5.26 Å². The summed E-state index contributed by atoms with van der Waals surface area (Å²) in [6, 6.07) is 20.8. The quantitative estimate of drug-likeness (QED) is 0.240. The zero-order chi connectivity index (χ0) is 29.0. The number of methoxy groups -OCH3 is 2. The number of rotatable bonds is 7. The highest BCUT2D eigenvalue weighted by molar-refractivity contribution is 6.04. The van der Waals surface area contributed by atoms with E-state index in [-0.39, 0.29) is 17.9 Å². The van der Waals surface area contributed by atoms with Crippen LogP contribution in [0.4, 0.5) is 5.82 Å². The Kier molecular flexibility index (Phi) is 8.20. The van der Waals surface area contributed by atoms with Crippen LogP contribution < -0.4 is 9.64 Å². The standard InChI is InChI=1S/C33H33N3O4/c1-21-15-23(9-12-29(21)39-5)27-10-7-22(16-26(27)19-34)20-36(30(37)18-33(2,3)4)31-28-11-8-25(32(38)40-6)17-24(28)13-14-35-31/h7-17H,18,20H2,1-6H3. The maximum Gasteiger partial charge on any atom is 0.337 e. The monoisotopic (exact) mass is 535 g/mol. The van der Waals surface area contributed by atoms with E-state index in [1.165, 1.54) is 7.11 Å². The van der Waals surface area contributed by atoms with Crippen molar-refractivity contribution in [2.45, 2.75) is 40.7 Å². The summed E-state index contributed by atoms with van der Waals surface area (Å²) in [5.41, 5.74) is 4.19. The summed E-state index contributed by atoms with van der Waals surface area (Å²) in [5, 5.41) is 11.5. The molecule has 7 heteroatoms. The number of aromatic nitrogens is 1. The van der Waals surface area contributed by atoms with Gasteiger partial charge in [-0.05, 0) is 82.4 Å². The minimum Gasteiger partial charge on any atom is -0.496 e. The number of anilines is 1. The number of nitrogens with zero attached hydrogens (tertiary/aromatic N) is 3. The van der Waals surface area contributed by atoms with E-state index in [1.807, 2.05) is 64.1 Å². The molecule has 0 aliphatic carbocycles. The van der Waals surface area contributed by atoms with Crippen LogP contribution in [0.25, 0.3) is 21.9 Å². The molecule has 7 nitrogen and oxygen atoms in total. The lowest BCUT2D eigenvalue weighted by molar-refractivity contribution is -0.120. The molecule has 0 bridgehead atoms. The molecule has 0 radical (unpaired) electrons. The number of aryl methyl sites for hydroxylation is 1. The molecule has 0 saturated carbocycles. The summed E-state index contributed by atoms with van der Waals surface area (Å²) < 4.78 is 10.2. The van der Waals surface area contributed by atoms with E-state index in [0.717, 1.165) is 38.8 Å². The van der Waals surface area contributed by atoms with Crippen LogP contribution >= 0.6 is 0 Å². The molecular formula is C33H33N3O4. The summed E-state index contributed by atoms with van der Waals surface area (Å²) in [7, 11) is 2.97. The van der Waals surface area contributed by atoms with E-state index in [2.05, 4.69) is 11.1 Å². The summed E-state index contributed by atoms with van der Waals surface area (Å²) in [5.74, 6) is 0.764. The second-order valence-electron chi connectivity index (χ2n) is 11.0. The Bertz CT molecular complexity index is 1630. The number of amides is 1.